The van der Waals surface area contributed by atoms with Gasteiger partial charge in [-0.15, -0.1) is 24.0 Å². The van der Waals surface area contributed by atoms with Crippen LogP contribution in [-0.2, 0) is 11.3 Å². The number of piperidine rings is 1. The lowest BCUT2D eigenvalue weighted by molar-refractivity contribution is -0.117. The number of nitrogens with one attached hydrogen (secondary N) is 2. The lowest BCUT2D eigenvalue weighted by Crippen LogP contribution is -2.50. The molecule has 2 aliphatic rings. The van der Waals surface area contributed by atoms with E-state index in [1.807, 2.05) is 12.1 Å². The topological polar surface area (TPSA) is 99.8 Å². The van der Waals surface area contributed by atoms with Crippen LogP contribution >= 0.6 is 24.0 Å². The largest absolute Gasteiger partial charge is 0.368 e. The Balaban J connectivity index is 0.00000363. The van der Waals surface area contributed by atoms with Crippen molar-refractivity contribution in [3.8, 4) is 0 Å². The normalized spacial score (nSPS) is 18.4. The highest BCUT2D eigenvalue weighted by Crippen LogP contribution is 2.42. The van der Waals surface area contributed by atoms with Gasteiger partial charge in [-0.3, -0.25) is 9.59 Å². The molecule has 178 valence electrons. The van der Waals surface area contributed by atoms with E-state index < -0.39 is 5.91 Å². The summed E-state index contributed by atoms with van der Waals surface area (Å²) >= 11 is 0. The van der Waals surface area contributed by atoms with Crippen molar-refractivity contribution >= 4 is 41.8 Å². The van der Waals surface area contributed by atoms with E-state index in [1.54, 1.807) is 12.1 Å². The maximum Gasteiger partial charge on any atom is 0.251 e. The lowest BCUT2D eigenvalue weighted by Gasteiger charge is -2.44. The van der Waals surface area contributed by atoms with Gasteiger partial charge in [0.25, 0.3) is 5.91 Å². The van der Waals surface area contributed by atoms with Crippen LogP contribution in [0.1, 0.15) is 74.2 Å². The quantitative estimate of drug-likeness (QED) is 0.285. The molecule has 3 rings (SSSR count). The number of halogens is 1. The molecule has 1 spiro atoms. The van der Waals surface area contributed by atoms with E-state index in [4.69, 9.17) is 10.7 Å². The van der Waals surface area contributed by atoms with Crippen LogP contribution in [0.15, 0.2) is 29.3 Å². The van der Waals surface area contributed by atoms with E-state index in [2.05, 4.69) is 22.5 Å². The minimum absolute atomic E-state index is 0. The van der Waals surface area contributed by atoms with E-state index in [0.717, 1.165) is 31.2 Å². The summed E-state index contributed by atoms with van der Waals surface area (Å²) in [6, 6.07) is 7.34. The van der Waals surface area contributed by atoms with Gasteiger partial charge in [-0.1, -0.05) is 37.8 Å². The Morgan fingerprint density at radius 2 is 1.69 bits per heavy atom. The standard InChI is InChI=1S/C24H37N5O2.HI/c1-2-26-23(29-15-7-14-24(18-29)12-5-3-4-6-13-24)28-16-19-8-10-20(11-9-19)22(31)27-17-21(25)30;/h8-11H,2-7,12-18H2,1H3,(H2,25,30)(H,26,28)(H,27,31);1H. The first kappa shape index (κ1) is 26.4. The fourth-order valence-electron chi connectivity index (χ4n) is 4.90. The summed E-state index contributed by atoms with van der Waals surface area (Å²) in [4.78, 5) is 30.2. The van der Waals surface area contributed by atoms with Crippen molar-refractivity contribution in [1.29, 1.82) is 0 Å². The van der Waals surface area contributed by atoms with Gasteiger partial charge < -0.3 is 21.3 Å². The molecule has 0 bridgehead atoms. The van der Waals surface area contributed by atoms with Crippen molar-refractivity contribution in [2.75, 3.05) is 26.2 Å². The molecule has 1 aliphatic carbocycles. The molecule has 1 aromatic carbocycles. The number of primary amides is 1. The van der Waals surface area contributed by atoms with Crippen LogP contribution in [0.25, 0.3) is 0 Å². The highest BCUT2D eigenvalue weighted by atomic mass is 127. The maximum absolute atomic E-state index is 12.0. The molecular weight excluding hydrogens is 517 g/mol. The Bertz CT molecular complexity index is 773. The Morgan fingerprint density at radius 1 is 1.03 bits per heavy atom. The highest BCUT2D eigenvalue weighted by molar-refractivity contribution is 14.0. The molecule has 2 amide bonds. The van der Waals surface area contributed by atoms with Crippen LogP contribution in [0, 0.1) is 5.41 Å². The van der Waals surface area contributed by atoms with E-state index >= 15 is 0 Å². The number of aliphatic imine (C=N–C) groups is 1. The van der Waals surface area contributed by atoms with Crippen molar-refractivity contribution in [1.82, 2.24) is 15.5 Å². The van der Waals surface area contributed by atoms with Gasteiger partial charge in [0.2, 0.25) is 5.91 Å². The molecule has 32 heavy (non-hydrogen) atoms. The van der Waals surface area contributed by atoms with E-state index in [1.165, 1.54) is 51.4 Å². The SMILES string of the molecule is CCNC(=NCc1ccc(C(=O)NCC(N)=O)cc1)N1CCCC2(CCCCCC2)C1.I. The van der Waals surface area contributed by atoms with Gasteiger partial charge in [-0.2, -0.15) is 0 Å². The van der Waals surface area contributed by atoms with Gasteiger partial charge in [-0.25, -0.2) is 4.99 Å². The summed E-state index contributed by atoms with van der Waals surface area (Å²) in [6.07, 6.45) is 10.8. The number of nitrogens with two attached hydrogens (primary N) is 1. The first-order valence-corrected chi connectivity index (χ1v) is 11.7. The first-order chi connectivity index (χ1) is 15.0. The molecule has 4 N–H and O–H groups in total. The van der Waals surface area contributed by atoms with Gasteiger partial charge in [0.15, 0.2) is 5.96 Å². The predicted octanol–water partition coefficient (Wildman–Crippen LogP) is 3.42. The summed E-state index contributed by atoms with van der Waals surface area (Å²) in [6.45, 7) is 5.54. The highest BCUT2D eigenvalue weighted by Gasteiger charge is 2.36. The molecule has 1 saturated heterocycles. The third kappa shape index (κ3) is 7.64. The number of carbonyl (C=O) groups excluding carboxylic acids is 2. The van der Waals surface area contributed by atoms with Gasteiger partial charge >= 0.3 is 0 Å². The molecule has 1 saturated carbocycles. The number of hydrogen-bond acceptors (Lipinski definition) is 3. The second kappa shape index (κ2) is 13.0. The van der Waals surface area contributed by atoms with Crippen LogP contribution in [0.2, 0.25) is 0 Å². The molecule has 1 aliphatic heterocycles. The maximum atomic E-state index is 12.0. The number of hydrogen-bond donors (Lipinski definition) is 3. The van der Waals surface area contributed by atoms with Crippen molar-refractivity contribution in [3.63, 3.8) is 0 Å². The molecule has 0 radical (unpaired) electrons. The van der Waals surface area contributed by atoms with Gasteiger partial charge in [-0.05, 0) is 55.7 Å². The van der Waals surface area contributed by atoms with Crippen molar-refractivity contribution in [2.24, 2.45) is 16.1 Å². The van der Waals surface area contributed by atoms with Crippen LogP contribution in [0.4, 0.5) is 0 Å². The number of benzene rings is 1. The molecular formula is C24H38IN5O2. The number of nitrogens with zero attached hydrogens (tertiary/aromatic N) is 2. The predicted molar refractivity (Wildman–Crippen MR) is 139 cm³/mol. The average Bonchev–Trinajstić information content (AvgIpc) is 3.00. The zero-order valence-electron chi connectivity index (χ0n) is 19.2. The summed E-state index contributed by atoms with van der Waals surface area (Å²) in [5.41, 5.74) is 7.09. The second-order valence-electron chi connectivity index (χ2n) is 8.96. The molecule has 0 unspecified atom stereocenters. The number of rotatable bonds is 6. The van der Waals surface area contributed by atoms with Crippen molar-refractivity contribution in [2.45, 2.75) is 64.8 Å². The molecule has 0 atom stereocenters. The van der Waals surface area contributed by atoms with Gasteiger partial charge in [0.05, 0.1) is 13.1 Å². The molecule has 2 fully saturated rings. The minimum atomic E-state index is -0.557. The summed E-state index contributed by atoms with van der Waals surface area (Å²) in [5.74, 6) is 0.136. The fourth-order valence-corrected chi connectivity index (χ4v) is 4.90. The summed E-state index contributed by atoms with van der Waals surface area (Å²) in [7, 11) is 0. The van der Waals surface area contributed by atoms with Crippen LogP contribution < -0.4 is 16.4 Å². The van der Waals surface area contributed by atoms with Gasteiger partial charge in [0, 0.05) is 25.2 Å². The van der Waals surface area contributed by atoms with E-state index in [0.29, 0.717) is 17.5 Å². The lowest BCUT2D eigenvalue weighted by atomic mass is 9.74. The minimum Gasteiger partial charge on any atom is -0.368 e. The number of carbonyl (C=O) groups is 2. The second-order valence-corrected chi connectivity index (χ2v) is 8.96. The summed E-state index contributed by atoms with van der Waals surface area (Å²) in [5, 5.41) is 5.99. The van der Waals surface area contributed by atoms with Gasteiger partial charge in [0.1, 0.15) is 0 Å². The molecule has 1 heterocycles. The van der Waals surface area contributed by atoms with Crippen LogP contribution in [0.3, 0.4) is 0 Å². The summed E-state index contributed by atoms with van der Waals surface area (Å²) < 4.78 is 0. The van der Waals surface area contributed by atoms with Crippen molar-refractivity contribution < 1.29 is 9.59 Å². The van der Waals surface area contributed by atoms with Crippen LogP contribution in [0.5, 0.6) is 0 Å². The Kier molecular flexibility index (Phi) is 10.7. The fraction of sp³-hybridized carbons (Fsp3) is 0.625. The Hall–Kier alpha value is -1.84. The number of guanidine groups is 1. The molecule has 0 aromatic heterocycles. The first-order valence-electron chi connectivity index (χ1n) is 11.7. The Morgan fingerprint density at radius 3 is 2.31 bits per heavy atom. The van der Waals surface area contributed by atoms with Crippen LogP contribution in [-0.4, -0.2) is 48.9 Å². The third-order valence-electron chi connectivity index (χ3n) is 6.51. The average molecular weight is 556 g/mol. The third-order valence-corrected chi connectivity index (χ3v) is 6.51. The molecule has 1 aromatic rings. The molecule has 8 heteroatoms. The number of likely N-dealkylation sites (tertiary alicyclic amines) is 1. The van der Waals surface area contributed by atoms with Crippen molar-refractivity contribution in [3.05, 3.63) is 35.4 Å². The number of amides is 2. The van der Waals surface area contributed by atoms with E-state index in [9.17, 15) is 9.59 Å². The van der Waals surface area contributed by atoms with E-state index in [-0.39, 0.29) is 36.4 Å². The Labute approximate surface area is 209 Å². The monoisotopic (exact) mass is 555 g/mol. The molecule has 7 nitrogen and oxygen atoms in total. The zero-order chi connectivity index (χ0) is 22.1. The zero-order valence-corrected chi connectivity index (χ0v) is 21.5. The smallest absolute Gasteiger partial charge is 0.251 e.